The molecule has 0 bridgehead atoms. The van der Waals surface area contributed by atoms with Crippen molar-refractivity contribution in [2.75, 3.05) is 17.8 Å². The zero-order valence-corrected chi connectivity index (χ0v) is 11.3. The third kappa shape index (κ3) is 2.14. The number of nitrogens with zero attached hydrogens (tertiary/aromatic N) is 5. The maximum Gasteiger partial charge on any atom is 0.248 e. The van der Waals surface area contributed by atoms with Crippen molar-refractivity contribution in [2.24, 2.45) is 0 Å². The molecule has 9 heteroatoms. The molecule has 3 heterocycles. The maximum atomic E-state index is 5.86. The summed E-state index contributed by atoms with van der Waals surface area (Å²) < 4.78 is 12.0. The van der Waals surface area contributed by atoms with Crippen LogP contribution in [0.2, 0.25) is 0 Å². The number of rotatable bonds is 3. The SMILES string of the molecule is Nc1nc(Nc2ccc3c(c2)OCO3)nn1-c1ccncn1. The third-order valence-electron chi connectivity index (χ3n) is 3.04. The molecule has 4 rings (SSSR count). The van der Waals surface area contributed by atoms with Crippen LogP contribution in [0.5, 0.6) is 11.5 Å². The zero-order valence-electron chi connectivity index (χ0n) is 11.3. The summed E-state index contributed by atoms with van der Waals surface area (Å²) in [7, 11) is 0. The van der Waals surface area contributed by atoms with E-state index in [1.807, 2.05) is 18.2 Å². The monoisotopic (exact) mass is 297 g/mol. The molecule has 0 radical (unpaired) electrons. The van der Waals surface area contributed by atoms with Crippen molar-refractivity contribution < 1.29 is 9.47 Å². The summed E-state index contributed by atoms with van der Waals surface area (Å²) in [5.74, 6) is 2.51. The molecule has 0 spiro atoms. The van der Waals surface area contributed by atoms with Gasteiger partial charge in [-0.1, -0.05) is 0 Å². The Bertz CT molecular complexity index is 819. The summed E-state index contributed by atoms with van der Waals surface area (Å²) in [5, 5.41) is 7.34. The van der Waals surface area contributed by atoms with Crippen LogP contribution in [0.1, 0.15) is 0 Å². The van der Waals surface area contributed by atoms with Crippen molar-refractivity contribution in [3.8, 4) is 17.3 Å². The van der Waals surface area contributed by atoms with E-state index in [4.69, 9.17) is 15.2 Å². The number of fused-ring (bicyclic) bond motifs is 1. The normalized spacial score (nSPS) is 12.4. The molecule has 110 valence electrons. The minimum absolute atomic E-state index is 0.224. The van der Waals surface area contributed by atoms with Crippen LogP contribution in [0.25, 0.3) is 5.82 Å². The van der Waals surface area contributed by atoms with Crippen molar-refractivity contribution in [1.29, 1.82) is 0 Å². The second kappa shape index (κ2) is 4.88. The number of nitrogens with two attached hydrogens (primary N) is 1. The number of nitrogens with one attached hydrogen (secondary N) is 1. The van der Waals surface area contributed by atoms with E-state index >= 15 is 0 Å². The van der Waals surface area contributed by atoms with Crippen molar-refractivity contribution in [3.05, 3.63) is 36.8 Å². The van der Waals surface area contributed by atoms with Crippen LogP contribution in [0.3, 0.4) is 0 Å². The lowest BCUT2D eigenvalue weighted by Crippen LogP contribution is -2.04. The molecular weight excluding hydrogens is 286 g/mol. The summed E-state index contributed by atoms with van der Waals surface area (Å²) in [6.07, 6.45) is 3.02. The van der Waals surface area contributed by atoms with Crippen molar-refractivity contribution in [3.63, 3.8) is 0 Å². The van der Waals surface area contributed by atoms with Crippen LogP contribution < -0.4 is 20.5 Å². The Kier molecular flexibility index (Phi) is 2.75. The number of benzene rings is 1. The third-order valence-corrected chi connectivity index (χ3v) is 3.04. The van der Waals surface area contributed by atoms with Gasteiger partial charge < -0.3 is 20.5 Å². The molecule has 2 aromatic heterocycles. The smallest absolute Gasteiger partial charge is 0.248 e. The lowest BCUT2D eigenvalue weighted by Gasteiger charge is -2.03. The Morgan fingerprint density at radius 3 is 2.95 bits per heavy atom. The van der Waals surface area contributed by atoms with Crippen molar-refractivity contribution >= 4 is 17.6 Å². The number of aromatic nitrogens is 5. The molecule has 0 aliphatic carbocycles. The van der Waals surface area contributed by atoms with E-state index in [-0.39, 0.29) is 12.7 Å². The number of ether oxygens (including phenoxy) is 2. The highest BCUT2D eigenvalue weighted by Gasteiger charge is 2.15. The van der Waals surface area contributed by atoms with Gasteiger partial charge in [-0.15, -0.1) is 5.10 Å². The molecular formula is C13H11N7O2. The highest BCUT2D eigenvalue weighted by atomic mass is 16.7. The molecule has 0 atom stereocenters. The highest BCUT2D eigenvalue weighted by molar-refractivity contribution is 5.60. The van der Waals surface area contributed by atoms with E-state index in [0.29, 0.717) is 23.3 Å². The first-order valence-corrected chi connectivity index (χ1v) is 6.45. The van der Waals surface area contributed by atoms with Gasteiger partial charge in [0.05, 0.1) is 0 Å². The zero-order chi connectivity index (χ0) is 14.9. The minimum atomic E-state index is 0.224. The molecule has 1 aromatic carbocycles. The van der Waals surface area contributed by atoms with E-state index in [2.05, 4.69) is 25.4 Å². The first-order chi connectivity index (χ1) is 10.8. The van der Waals surface area contributed by atoms with Gasteiger partial charge in [-0.3, -0.25) is 0 Å². The molecule has 3 N–H and O–H groups in total. The molecule has 0 unspecified atom stereocenters. The molecule has 3 aromatic rings. The topological polar surface area (TPSA) is 113 Å². The van der Waals surface area contributed by atoms with Gasteiger partial charge in [-0.05, 0) is 12.1 Å². The Balaban J connectivity index is 1.62. The summed E-state index contributed by atoms with van der Waals surface area (Å²) >= 11 is 0. The summed E-state index contributed by atoms with van der Waals surface area (Å²) in [5.41, 5.74) is 6.63. The second-order valence-electron chi connectivity index (χ2n) is 4.47. The number of hydrogen-bond acceptors (Lipinski definition) is 8. The predicted molar refractivity (Wildman–Crippen MR) is 77.2 cm³/mol. The summed E-state index contributed by atoms with van der Waals surface area (Å²) in [6, 6.07) is 7.16. The van der Waals surface area contributed by atoms with Gasteiger partial charge in [0, 0.05) is 24.0 Å². The van der Waals surface area contributed by atoms with Crippen molar-refractivity contribution in [2.45, 2.75) is 0 Å². The van der Waals surface area contributed by atoms with Crippen LogP contribution in [-0.4, -0.2) is 31.5 Å². The first kappa shape index (κ1) is 12.4. The van der Waals surface area contributed by atoms with E-state index in [1.54, 1.807) is 12.3 Å². The Hall–Kier alpha value is -3.36. The molecule has 1 aliphatic heterocycles. The number of anilines is 3. The van der Waals surface area contributed by atoms with Gasteiger partial charge in [0.15, 0.2) is 17.3 Å². The van der Waals surface area contributed by atoms with Crippen LogP contribution in [0.4, 0.5) is 17.6 Å². The predicted octanol–water partition coefficient (Wildman–Crippen LogP) is 1.11. The van der Waals surface area contributed by atoms with Crippen LogP contribution in [0, 0.1) is 0 Å². The van der Waals surface area contributed by atoms with Gasteiger partial charge in [0.25, 0.3) is 0 Å². The van der Waals surface area contributed by atoms with Gasteiger partial charge in [-0.2, -0.15) is 9.67 Å². The van der Waals surface area contributed by atoms with Crippen LogP contribution in [0.15, 0.2) is 36.8 Å². The fraction of sp³-hybridized carbons (Fsp3) is 0.0769. The van der Waals surface area contributed by atoms with E-state index < -0.39 is 0 Å². The quantitative estimate of drug-likeness (QED) is 0.739. The van der Waals surface area contributed by atoms with Crippen molar-refractivity contribution in [1.82, 2.24) is 24.7 Å². The maximum absolute atomic E-state index is 5.86. The molecule has 1 aliphatic rings. The summed E-state index contributed by atoms with van der Waals surface area (Å²) in [4.78, 5) is 12.1. The van der Waals surface area contributed by atoms with Crippen LogP contribution in [-0.2, 0) is 0 Å². The molecule has 0 fully saturated rings. The average molecular weight is 297 g/mol. The van der Waals surface area contributed by atoms with Gasteiger partial charge in [-0.25, -0.2) is 9.97 Å². The molecule has 9 nitrogen and oxygen atoms in total. The van der Waals surface area contributed by atoms with E-state index in [1.165, 1.54) is 11.0 Å². The Morgan fingerprint density at radius 2 is 2.09 bits per heavy atom. The summed E-state index contributed by atoms with van der Waals surface area (Å²) in [6.45, 7) is 0.228. The molecule has 0 saturated heterocycles. The fourth-order valence-electron chi connectivity index (χ4n) is 2.06. The number of nitrogen functional groups attached to an aromatic ring is 1. The average Bonchev–Trinajstić information content (AvgIpc) is 3.14. The van der Waals surface area contributed by atoms with Crippen LogP contribution >= 0.6 is 0 Å². The second-order valence-corrected chi connectivity index (χ2v) is 4.47. The largest absolute Gasteiger partial charge is 0.454 e. The highest BCUT2D eigenvalue weighted by Crippen LogP contribution is 2.34. The molecule has 0 saturated carbocycles. The standard InChI is InChI=1S/C13H11N7O2/c14-12-18-13(19-20(12)11-3-4-15-6-16-11)17-8-1-2-9-10(5-8)22-7-21-9/h1-6H,7H2,(H3,14,17,18,19). The Morgan fingerprint density at radius 1 is 1.18 bits per heavy atom. The lowest BCUT2D eigenvalue weighted by atomic mass is 10.3. The van der Waals surface area contributed by atoms with Gasteiger partial charge >= 0.3 is 0 Å². The van der Waals surface area contributed by atoms with E-state index in [0.717, 1.165) is 5.69 Å². The Labute approximate surface area is 124 Å². The first-order valence-electron chi connectivity index (χ1n) is 6.45. The minimum Gasteiger partial charge on any atom is -0.454 e. The van der Waals surface area contributed by atoms with Gasteiger partial charge in [0.2, 0.25) is 18.7 Å². The molecule has 22 heavy (non-hydrogen) atoms. The van der Waals surface area contributed by atoms with E-state index in [9.17, 15) is 0 Å². The number of hydrogen-bond donors (Lipinski definition) is 2. The molecule has 0 amide bonds. The lowest BCUT2D eigenvalue weighted by molar-refractivity contribution is 0.174. The van der Waals surface area contributed by atoms with Gasteiger partial charge in [0.1, 0.15) is 6.33 Å². The fourth-order valence-corrected chi connectivity index (χ4v) is 2.06.